The number of rotatable bonds is 3. The van der Waals surface area contributed by atoms with Gasteiger partial charge in [0.15, 0.2) is 0 Å². The van der Waals surface area contributed by atoms with Crippen LogP contribution in [0.4, 0.5) is 0 Å². The molecule has 1 saturated carbocycles. The van der Waals surface area contributed by atoms with Crippen LogP contribution < -0.4 is 10.9 Å². The van der Waals surface area contributed by atoms with E-state index in [0.717, 1.165) is 12.8 Å². The molecule has 108 valence electrons. The lowest BCUT2D eigenvalue weighted by atomic mass is 9.85. The maximum atomic E-state index is 12.0. The number of nitrogens with one attached hydrogen (secondary N) is 1. The van der Waals surface area contributed by atoms with Crippen LogP contribution in [0.2, 0.25) is 0 Å². The van der Waals surface area contributed by atoms with Crippen molar-refractivity contribution in [2.45, 2.75) is 31.7 Å². The molecule has 1 amide bonds. The fraction of sp³-hybridized carbons (Fsp3) is 0.500. The molecule has 1 aliphatic rings. The van der Waals surface area contributed by atoms with E-state index in [1.54, 1.807) is 13.1 Å². The molecule has 2 rings (SSSR count). The highest BCUT2D eigenvalue weighted by Gasteiger charge is 2.28. The van der Waals surface area contributed by atoms with E-state index < -0.39 is 11.9 Å². The number of pyridine rings is 1. The third-order valence-corrected chi connectivity index (χ3v) is 3.73. The molecule has 6 nitrogen and oxygen atoms in total. The predicted molar refractivity (Wildman–Crippen MR) is 72.5 cm³/mol. The fourth-order valence-corrected chi connectivity index (χ4v) is 2.50. The summed E-state index contributed by atoms with van der Waals surface area (Å²) in [5.41, 5.74) is 0.0651. The monoisotopic (exact) mass is 278 g/mol. The first-order valence-electron chi connectivity index (χ1n) is 6.67. The number of carbonyl (C=O) groups excluding carboxylic acids is 1. The molecule has 0 aromatic carbocycles. The Morgan fingerprint density at radius 3 is 2.80 bits per heavy atom. The molecule has 2 unspecified atom stereocenters. The van der Waals surface area contributed by atoms with E-state index in [4.69, 9.17) is 5.11 Å². The number of hydrogen-bond acceptors (Lipinski definition) is 3. The van der Waals surface area contributed by atoms with Gasteiger partial charge in [0, 0.05) is 30.9 Å². The average molecular weight is 278 g/mol. The highest BCUT2D eigenvalue weighted by molar-refractivity contribution is 5.94. The van der Waals surface area contributed by atoms with Crippen LogP contribution in [-0.4, -0.2) is 27.6 Å². The van der Waals surface area contributed by atoms with Crippen LogP contribution in [-0.2, 0) is 11.8 Å². The molecular weight excluding hydrogens is 260 g/mol. The van der Waals surface area contributed by atoms with Crippen LogP contribution in [0.1, 0.15) is 36.0 Å². The second-order valence-electron chi connectivity index (χ2n) is 5.24. The number of aryl methyl sites for hydroxylation is 1. The summed E-state index contributed by atoms with van der Waals surface area (Å²) in [5.74, 6) is -1.52. The van der Waals surface area contributed by atoms with Gasteiger partial charge in [-0.25, -0.2) is 0 Å². The number of amides is 1. The largest absolute Gasteiger partial charge is 0.481 e. The highest BCUT2D eigenvalue weighted by Crippen LogP contribution is 2.24. The zero-order valence-corrected chi connectivity index (χ0v) is 11.3. The summed E-state index contributed by atoms with van der Waals surface area (Å²) in [6.07, 6.45) is 4.22. The number of carboxylic acids is 1. The summed E-state index contributed by atoms with van der Waals surface area (Å²) in [7, 11) is 1.61. The van der Waals surface area contributed by atoms with E-state index in [9.17, 15) is 14.4 Å². The Balaban J connectivity index is 2.02. The Bertz CT molecular complexity index is 579. The lowest BCUT2D eigenvalue weighted by Crippen LogP contribution is -2.40. The number of carboxylic acid groups (broad SMARTS) is 1. The molecule has 1 aromatic heterocycles. The van der Waals surface area contributed by atoms with Crippen LogP contribution in [0.5, 0.6) is 0 Å². The maximum absolute atomic E-state index is 12.0. The Kier molecular flexibility index (Phi) is 4.22. The fourth-order valence-electron chi connectivity index (χ4n) is 2.50. The Labute approximate surface area is 116 Å². The van der Waals surface area contributed by atoms with Crippen molar-refractivity contribution in [2.24, 2.45) is 13.0 Å². The van der Waals surface area contributed by atoms with Gasteiger partial charge in [-0.15, -0.1) is 0 Å². The van der Waals surface area contributed by atoms with Gasteiger partial charge in [0.05, 0.1) is 5.92 Å². The molecule has 0 bridgehead atoms. The zero-order valence-electron chi connectivity index (χ0n) is 11.3. The standard InChI is InChI=1S/C14H18N2O4/c1-16-6-5-9(8-12(16)17)13(18)15-11-4-2-3-10(7-11)14(19)20/h5-6,8,10-11H,2-4,7H2,1H3,(H,15,18)(H,19,20). The van der Waals surface area contributed by atoms with Crippen molar-refractivity contribution in [3.8, 4) is 0 Å². The SMILES string of the molecule is Cn1ccc(C(=O)NC2CCCC(C(=O)O)C2)cc1=O. The summed E-state index contributed by atoms with van der Waals surface area (Å²) in [4.78, 5) is 34.5. The molecule has 6 heteroatoms. The maximum Gasteiger partial charge on any atom is 0.306 e. The average Bonchev–Trinajstić information content (AvgIpc) is 2.42. The molecular formula is C14H18N2O4. The predicted octanol–water partition coefficient (Wildman–Crippen LogP) is 0.758. The van der Waals surface area contributed by atoms with Crippen LogP contribution in [0.15, 0.2) is 23.1 Å². The van der Waals surface area contributed by atoms with Crippen molar-refractivity contribution in [3.05, 3.63) is 34.2 Å². The first-order chi connectivity index (χ1) is 9.47. The normalized spacial score (nSPS) is 22.2. The van der Waals surface area contributed by atoms with Gasteiger partial charge in [0.25, 0.3) is 11.5 Å². The van der Waals surface area contributed by atoms with Gasteiger partial charge in [-0.2, -0.15) is 0 Å². The second kappa shape index (κ2) is 5.90. The summed E-state index contributed by atoms with van der Waals surface area (Å²) in [6, 6.07) is 2.72. The van der Waals surface area contributed by atoms with Gasteiger partial charge < -0.3 is 15.0 Å². The quantitative estimate of drug-likeness (QED) is 0.854. The topological polar surface area (TPSA) is 88.4 Å². The molecule has 0 spiro atoms. The lowest BCUT2D eigenvalue weighted by Gasteiger charge is -2.27. The number of carbonyl (C=O) groups is 2. The smallest absolute Gasteiger partial charge is 0.306 e. The molecule has 1 fully saturated rings. The number of nitrogens with zero attached hydrogens (tertiary/aromatic N) is 1. The molecule has 20 heavy (non-hydrogen) atoms. The molecule has 0 radical (unpaired) electrons. The summed E-state index contributed by atoms with van der Waals surface area (Å²) < 4.78 is 1.39. The van der Waals surface area contributed by atoms with Crippen molar-refractivity contribution < 1.29 is 14.7 Å². The molecule has 2 atom stereocenters. The number of aliphatic carboxylic acids is 1. The summed E-state index contributed by atoms with van der Waals surface area (Å²) in [6.45, 7) is 0. The van der Waals surface area contributed by atoms with Crippen molar-refractivity contribution in [3.63, 3.8) is 0 Å². The molecule has 0 aliphatic heterocycles. The first kappa shape index (κ1) is 14.3. The second-order valence-corrected chi connectivity index (χ2v) is 5.24. The van der Waals surface area contributed by atoms with E-state index in [2.05, 4.69) is 5.32 Å². The Hall–Kier alpha value is -2.11. The number of hydrogen-bond donors (Lipinski definition) is 2. The van der Waals surface area contributed by atoms with Gasteiger partial charge in [-0.3, -0.25) is 14.4 Å². The van der Waals surface area contributed by atoms with Crippen LogP contribution in [0.3, 0.4) is 0 Å². The first-order valence-corrected chi connectivity index (χ1v) is 6.67. The van der Waals surface area contributed by atoms with Crippen molar-refractivity contribution in [2.75, 3.05) is 0 Å². The van der Waals surface area contributed by atoms with Crippen LogP contribution in [0, 0.1) is 5.92 Å². The van der Waals surface area contributed by atoms with E-state index in [1.807, 2.05) is 0 Å². The van der Waals surface area contributed by atoms with Gasteiger partial charge >= 0.3 is 5.97 Å². The van der Waals surface area contributed by atoms with Crippen LogP contribution in [0.25, 0.3) is 0 Å². The molecule has 1 aromatic rings. The Morgan fingerprint density at radius 2 is 2.15 bits per heavy atom. The van der Waals surface area contributed by atoms with Gasteiger partial charge in [0.2, 0.25) is 0 Å². The van der Waals surface area contributed by atoms with Gasteiger partial charge in [-0.1, -0.05) is 6.42 Å². The third-order valence-electron chi connectivity index (χ3n) is 3.73. The van der Waals surface area contributed by atoms with E-state index >= 15 is 0 Å². The van der Waals surface area contributed by atoms with Crippen molar-refractivity contribution in [1.82, 2.24) is 9.88 Å². The van der Waals surface area contributed by atoms with Gasteiger partial charge in [0.1, 0.15) is 0 Å². The van der Waals surface area contributed by atoms with E-state index in [0.29, 0.717) is 18.4 Å². The Morgan fingerprint density at radius 1 is 1.40 bits per heavy atom. The van der Waals surface area contributed by atoms with Crippen LogP contribution >= 0.6 is 0 Å². The molecule has 2 N–H and O–H groups in total. The van der Waals surface area contributed by atoms with Crippen molar-refractivity contribution in [1.29, 1.82) is 0 Å². The lowest BCUT2D eigenvalue weighted by molar-refractivity contribution is -0.143. The highest BCUT2D eigenvalue weighted by atomic mass is 16.4. The summed E-state index contributed by atoms with van der Waals surface area (Å²) in [5, 5.41) is 11.8. The molecule has 1 heterocycles. The zero-order chi connectivity index (χ0) is 14.7. The minimum Gasteiger partial charge on any atom is -0.481 e. The minimum absolute atomic E-state index is 0.138. The number of aromatic nitrogens is 1. The molecule has 0 saturated heterocycles. The van der Waals surface area contributed by atoms with Gasteiger partial charge in [-0.05, 0) is 25.3 Å². The van der Waals surface area contributed by atoms with Crippen molar-refractivity contribution >= 4 is 11.9 Å². The summed E-state index contributed by atoms with van der Waals surface area (Å²) >= 11 is 0. The minimum atomic E-state index is -0.808. The third kappa shape index (κ3) is 3.26. The van der Waals surface area contributed by atoms with E-state index in [1.165, 1.54) is 16.8 Å². The van der Waals surface area contributed by atoms with E-state index in [-0.39, 0.29) is 17.5 Å². The molecule has 1 aliphatic carbocycles.